The van der Waals surface area contributed by atoms with Crippen molar-refractivity contribution in [2.45, 2.75) is 6.04 Å². The van der Waals surface area contributed by atoms with Crippen LogP contribution in [0.25, 0.3) is 0 Å². The molecule has 0 heterocycles. The number of hydrogen-bond acceptors (Lipinski definition) is 4. The van der Waals surface area contributed by atoms with Crippen LogP contribution in [-0.2, 0) is 4.74 Å². The van der Waals surface area contributed by atoms with Crippen molar-refractivity contribution in [3.8, 4) is 0 Å². The second-order valence-corrected chi connectivity index (χ2v) is 4.37. The van der Waals surface area contributed by atoms with Crippen LogP contribution < -0.4 is 5.32 Å². The predicted molar refractivity (Wildman–Crippen MR) is 77.8 cm³/mol. The Morgan fingerprint density at radius 3 is 2.60 bits per heavy atom. The average molecular weight is 272 g/mol. The number of nitrogens with one attached hydrogen (secondary N) is 1. The molecule has 1 atom stereocenters. The number of anilines is 1. The number of non-ortho nitro benzene ring substituents is 1. The first-order chi connectivity index (χ1) is 9.70. The molecule has 2 rings (SSSR count). The van der Waals surface area contributed by atoms with E-state index in [1.54, 1.807) is 19.2 Å². The number of nitro benzene ring substituents is 1. The molecule has 0 radical (unpaired) electrons. The van der Waals surface area contributed by atoms with E-state index in [1.807, 2.05) is 30.3 Å². The van der Waals surface area contributed by atoms with E-state index in [0.717, 1.165) is 5.56 Å². The van der Waals surface area contributed by atoms with Gasteiger partial charge in [0.05, 0.1) is 17.6 Å². The molecule has 5 nitrogen and oxygen atoms in total. The molecule has 0 aromatic heterocycles. The van der Waals surface area contributed by atoms with E-state index in [2.05, 4.69) is 5.32 Å². The zero-order valence-electron chi connectivity index (χ0n) is 11.2. The van der Waals surface area contributed by atoms with Crippen LogP contribution in [0.1, 0.15) is 11.6 Å². The Labute approximate surface area is 117 Å². The Morgan fingerprint density at radius 2 is 1.95 bits per heavy atom. The summed E-state index contributed by atoms with van der Waals surface area (Å²) in [6.45, 7) is 0.479. The standard InChI is InChI=1S/C15H16N2O3/c1-20-11-15(12-6-3-2-4-7-12)16-13-8-5-9-14(10-13)17(18)19/h2-10,15-16H,11H2,1H3. The van der Waals surface area contributed by atoms with E-state index in [0.29, 0.717) is 12.3 Å². The lowest BCUT2D eigenvalue weighted by Gasteiger charge is -2.19. The summed E-state index contributed by atoms with van der Waals surface area (Å²) in [6.07, 6.45) is 0. The van der Waals surface area contributed by atoms with Gasteiger partial charge in [-0.2, -0.15) is 0 Å². The first kappa shape index (κ1) is 14.0. The monoisotopic (exact) mass is 272 g/mol. The normalized spacial score (nSPS) is 11.8. The lowest BCUT2D eigenvalue weighted by Crippen LogP contribution is -2.16. The second kappa shape index (κ2) is 6.68. The number of methoxy groups -OCH3 is 1. The maximum Gasteiger partial charge on any atom is 0.271 e. The first-order valence-electron chi connectivity index (χ1n) is 6.25. The smallest absolute Gasteiger partial charge is 0.271 e. The number of rotatable bonds is 6. The molecule has 1 N–H and O–H groups in total. The van der Waals surface area contributed by atoms with E-state index < -0.39 is 4.92 Å². The molecule has 104 valence electrons. The van der Waals surface area contributed by atoms with Gasteiger partial charge >= 0.3 is 0 Å². The third-order valence-corrected chi connectivity index (χ3v) is 2.93. The Balaban J connectivity index is 2.20. The Bertz CT molecular complexity index is 572. The third-order valence-electron chi connectivity index (χ3n) is 2.93. The van der Waals surface area contributed by atoms with Gasteiger partial charge in [-0.25, -0.2) is 0 Å². The Kier molecular flexibility index (Phi) is 4.68. The Morgan fingerprint density at radius 1 is 1.20 bits per heavy atom. The minimum Gasteiger partial charge on any atom is -0.382 e. The molecule has 0 fully saturated rings. The fraction of sp³-hybridized carbons (Fsp3) is 0.200. The highest BCUT2D eigenvalue weighted by molar-refractivity contribution is 5.52. The summed E-state index contributed by atoms with van der Waals surface area (Å²) >= 11 is 0. The molecule has 0 bridgehead atoms. The third kappa shape index (κ3) is 3.55. The number of nitrogens with zero attached hydrogens (tertiary/aromatic N) is 1. The molecule has 0 saturated heterocycles. The zero-order valence-corrected chi connectivity index (χ0v) is 11.2. The molecule has 1 unspecified atom stereocenters. The highest BCUT2D eigenvalue weighted by atomic mass is 16.6. The summed E-state index contributed by atoms with van der Waals surface area (Å²) in [5.41, 5.74) is 1.84. The number of nitro groups is 1. The SMILES string of the molecule is COCC(Nc1cccc([N+](=O)[O-])c1)c1ccccc1. The molecular weight excluding hydrogens is 256 g/mol. The molecular formula is C15H16N2O3. The molecule has 0 amide bonds. The van der Waals surface area contributed by atoms with E-state index >= 15 is 0 Å². The van der Waals surface area contributed by atoms with Crippen molar-refractivity contribution in [3.63, 3.8) is 0 Å². The minimum atomic E-state index is -0.404. The van der Waals surface area contributed by atoms with Crippen molar-refractivity contribution in [2.75, 3.05) is 19.0 Å². The molecule has 0 aliphatic heterocycles. The van der Waals surface area contributed by atoms with Gasteiger partial charge in [0.25, 0.3) is 5.69 Å². The number of ether oxygens (including phenoxy) is 1. The summed E-state index contributed by atoms with van der Waals surface area (Å²) in [7, 11) is 1.63. The molecule has 2 aromatic rings. The van der Waals surface area contributed by atoms with Crippen molar-refractivity contribution in [1.29, 1.82) is 0 Å². The second-order valence-electron chi connectivity index (χ2n) is 4.37. The van der Waals surface area contributed by atoms with Gasteiger partial charge in [-0.15, -0.1) is 0 Å². The van der Waals surface area contributed by atoms with Gasteiger partial charge in [0.1, 0.15) is 0 Å². The fourth-order valence-corrected chi connectivity index (χ4v) is 1.98. The number of benzene rings is 2. The van der Waals surface area contributed by atoms with Crippen molar-refractivity contribution < 1.29 is 9.66 Å². The van der Waals surface area contributed by atoms with Crippen molar-refractivity contribution in [1.82, 2.24) is 0 Å². The van der Waals surface area contributed by atoms with Gasteiger partial charge < -0.3 is 10.1 Å². The summed E-state index contributed by atoms with van der Waals surface area (Å²) < 4.78 is 5.21. The molecule has 5 heteroatoms. The topological polar surface area (TPSA) is 64.4 Å². The van der Waals surface area contributed by atoms with E-state index in [4.69, 9.17) is 4.74 Å². The summed E-state index contributed by atoms with van der Waals surface area (Å²) in [4.78, 5) is 10.4. The van der Waals surface area contributed by atoms with E-state index in [9.17, 15) is 10.1 Å². The quantitative estimate of drug-likeness (QED) is 0.646. The average Bonchev–Trinajstić information content (AvgIpc) is 2.48. The maximum absolute atomic E-state index is 10.8. The fourth-order valence-electron chi connectivity index (χ4n) is 1.98. The maximum atomic E-state index is 10.8. The highest BCUT2D eigenvalue weighted by Gasteiger charge is 2.12. The number of hydrogen-bond donors (Lipinski definition) is 1. The lowest BCUT2D eigenvalue weighted by atomic mass is 10.1. The van der Waals surface area contributed by atoms with Gasteiger partial charge in [-0.3, -0.25) is 10.1 Å². The van der Waals surface area contributed by atoms with Crippen LogP contribution in [0.5, 0.6) is 0 Å². The van der Waals surface area contributed by atoms with Crippen molar-refractivity contribution >= 4 is 11.4 Å². The van der Waals surface area contributed by atoms with Crippen LogP contribution in [0.2, 0.25) is 0 Å². The first-order valence-corrected chi connectivity index (χ1v) is 6.25. The van der Waals surface area contributed by atoms with Crippen LogP contribution in [0.15, 0.2) is 54.6 Å². The van der Waals surface area contributed by atoms with Crippen LogP contribution in [0.4, 0.5) is 11.4 Å². The molecule has 0 aliphatic rings. The predicted octanol–water partition coefficient (Wildman–Crippen LogP) is 3.39. The van der Waals surface area contributed by atoms with Crippen LogP contribution >= 0.6 is 0 Å². The molecule has 20 heavy (non-hydrogen) atoms. The van der Waals surface area contributed by atoms with Gasteiger partial charge in [0.2, 0.25) is 0 Å². The molecule has 0 spiro atoms. The largest absolute Gasteiger partial charge is 0.382 e. The van der Waals surface area contributed by atoms with Gasteiger partial charge in [-0.05, 0) is 11.6 Å². The Hall–Kier alpha value is -2.40. The lowest BCUT2D eigenvalue weighted by molar-refractivity contribution is -0.384. The van der Waals surface area contributed by atoms with Crippen LogP contribution in [0.3, 0.4) is 0 Å². The van der Waals surface area contributed by atoms with Crippen molar-refractivity contribution in [2.24, 2.45) is 0 Å². The van der Waals surface area contributed by atoms with E-state index in [1.165, 1.54) is 12.1 Å². The van der Waals surface area contributed by atoms with Gasteiger partial charge in [-0.1, -0.05) is 36.4 Å². The van der Waals surface area contributed by atoms with Gasteiger partial charge in [0, 0.05) is 24.9 Å². The molecule has 0 saturated carbocycles. The van der Waals surface area contributed by atoms with Crippen LogP contribution in [0, 0.1) is 10.1 Å². The van der Waals surface area contributed by atoms with Crippen molar-refractivity contribution in [3.05, 3.63) is 70.3 Å². The van der Waals surface area contributed by atoms with Gasteiger partial charge in [0.15, 0.2) is 0 Å². The van der Waals surface area contributed by atoms with E-state index in [-0.39, 0.29) is 11.7 Å². The molecule has 0 aliphatic carbocycles. The summed E-state index contributed by atoms with van der Waals surface area (Å²) in [6, 6.07) is 16.2. The summed E-state index contributed by atoms with van der Waals surface area (Å²) in [5.74, 6) is 0. The summed E-state index contributed by atoms with van der Waals surface area (Å²) in [5, 5.41) is 14.0. The minimum absolute atomic E-state index is 0.0526. The zero-order chi connectivity index (χ0) is 14.4. The molecule has 2 aromatic carbocycles. The highest BCUT2D eigenvalue weighted by Crippen LogP contribution is 2.23. The van der Waals surface area contributed by atoms with Crippen LogP contribution in [-0.4, -0.2) is 18.6 Å².